The van der Waals surface area contributed by atoms with Gasteiger partial charge in [-0.05, 0) is 13.3 Å². The molecular weight excluding hydrogens is 222 g/mol. The normalized spacial score (nSPS) is 18.2. The first-order valence-electron chi connectivity index (χ1n) is 6.15. The number of allylic oxidation sites excluding steroid dienone is 4. The van der Waals surface area contributed by atoms with E-state index < -0.39 is 0 Å². The van der Waals surface area contributed by atoms with Gasteiger partial charge in [0, 0.05) is 11.5 Å². The lowest BCUT2D eigenvalue weighted by Crippen LogP contribution is -1.98. The maximum absolute atomic E-state index is 4.58. The summed E-state index contributed by atoms with van der Waals surface area (Å²) in [5.74, 6) is 2.03. The first-order valence-corrected chi connectivity index (χ1v) is 6.15. The second-order valence-corrected chi connectivity index (χ2v) is 4.57. The van der Waals surface area contributed by atoms with E-state index in [-0.39, 0.29) is 0 Å². The van der Waals surface area contributed by atoms with Crippen molar-refractivity contribution in [2.45, 2.75) is 19.3 Å². The molecule has 0 spiro atoms. The molecule has 90 valence electrons. The first kappa shape index (κ1) is 11.0. The third kappa shape index (κ3) is 2.12. The zero-order chi connectivity index (χ0) is 12.4. The van der Waals surface area contributed by atoms with Gasteiger partial charge in [0.05, 0.1) is 0 Å². The summed E-state index contributed by atoms with van der Waals surface area (Å²) in [5.41, 5.74) is 2.30. The lowest BCUT2D eigenvalue weighted by molar-refractivity contribution is 0.778. The summed E-state index contributed by atoms with van der Waals surface area (Å²) < 4.78 is 0. The van der Waals surface area contributed by atoms with Crippen LogP contribution < -0.4 is 0 Å². The van der Waals surface area contributed by atoms with Crippen LogP contribution in [-0.2, 0) is 0 Å². The third-order valence-electron chi connectivity index (χ3n) is 3.14. The Labute approximate surface area is 106 Å². The molecule has 3 heteroatoms. The molecule has 1 unspecified atom stereocenters. The molecule has 0 bridgehead atoms. The maximum Gasteiger partial charge on any atom is 0.181 e. The quantitative estimate of drug-likeness (QED) is 0.870. The Kier molecular flexibility index (Phi) is 2.81. The monoisotopic (exact) mass is 237 g/mol. The standard InChI is InChI=1S/C15H15N3/c1-11-7-9-13(10-8-11)15-16-14(17-18-15)12-5-3-2-4-6-12/h2-5,7-10,12H,6H2,1H3,(H,16,17,18). The van der Waals surface area contributed by atoms with Crippen LogP contribution in [0.2, 0.25) is 0 Å². The molecule has 18 heavy (non-hydrogen) atoms. The van der Waals surface area contributed by atoms with Crippen LogP contribution in [0.25, 0.3) is 11.4 Å². The molecule has 0 radical (unpaired) electrons. The Bertz CT molecular complexity index is 590. The molecule has 0 fully saturated rings. The van der Waals surface area contributed by atoms with Crippen molar-refractivity contribution in [2.75, 3.05) is 0 Å². The Balaban J connectivity index is 1.87. The van der Waals surface area contributed by atoms with Gasteiger partial charge in [-0.15, -0.1) is 0 Å². The van der Waals surface area contributed by atoms with Crippen molar-refractivity contribution in [2.24, 2.45) is 0 Å². The van der Waals surface area contributed by atoms with Crippen LogP contribution in [0.15, 0.2) is 48.6 Å². The van der Waals surface area contributed by atoms with Gasteiger partial charge in [-0.1, -0.05) is 54.1 Å². The summed E-state index contributed by atoms with van der Waals surface area (Å²) in [6, 6.07) is 8.26. The highest BCUT2D eigenvalue weighted by atomic mass is 15.2. The van der Waals surface area contributed by atoms with Crippen molar-refractivity contribution in [1.82, 2.24) is 15.2 Å². The number of rotatable bonds is 2. The first-order chi connectivity index (χ1) is 8.83. The zero-order valence-corrected chi connectivity index (χ0v) is 10.3. The fourth-order valence-corrected chi connectivity index (χ4v) is 2.06. The summed E-state index contributed by atoms with van der Waals surface area (Å²) in [5, 5.41) is 7.34. The molecule has 1 N–H and O–H groups in total. The van der Waals surface area contributed by atoms with Crippen LogP contribution in [0.3, 0.4) is 0 Å². The van der Waals surface area contributed by atoms with Crippen LogP contribution in [0.1, 0.15) is 23.7 Å². The lowest BCUT2D eigenvalue weighted by atomic mass is 10.0. The maximum atomic E-state index is 4.58. The fraction of sp³-hybridized carbons (Fsp3) is 0.200. The molecule has 1 aromatic heterocycles. The van der Waals surface area contributed by atoms with E-state index in [0.717, 1.165) is 23.6 Å². The average molecular weight is 237 g/mol. The minimum atomic E-state index is 0.321. The predicted molar refractivity (Wildman–Crippen MR) is 72.2 cm³/mol. The number of nitrogens with one attached hydrogen (secondary N) is 1. The van der Waals surface area contributed by atoms with Crippen molar-refractivity contribution >= 4 is 0 Å². The molecule has 0 saturated heterocycles. The minimum Gasteiger partial charge on any atom is -0.262 e. The summed E-state index contributed by atoms with van der Waals surface area (Å²) in [4.78, 5) is 4.58. The van der Waals surface area contributed by atoms with Gasteiger partial charge < -0.3 is 0 Å². The van der Waals surface area contributed by atoms with E-state index in [1.807, 2.05) is 0 Å². The van der Waals surface area contributed by atoms with E-state index in [9.17, 15) is 0 Å². The van der Waals surface area contributed by atoms with E-state index >= 15 is 0 Å². The molecule has 3 rings (SSSR count). The number of aromatic amines is 1. The average Bonchev–Trinajstić information content (AvgIpc) is 2.90. The van der Waals surface area contributed by atoms with Gasteiger partial charge in [-0.3, -0.25) is 5.10 Å². The highest BCUT2D eigenvalue weighted by Gasteiger charge is 2.14. The number of hydrogen-bond acceptors (Lipinski definition) is 2. The summed E-state index contributed by atoms with van der Waals surface area (Å²) >= 11 is 0. The molecule has 0 aliphatic heterocycles. The van der Waals surface area contributed by atoms with Crippen molar-refractivity contribution in [3.8, 4) is 11.4 Å². The molecule has 0 amide bonds. The SMILES string of the molecule is Cc1ccc(-c2n[nH]c(C3C=CC=CC3)n2)cc1. The van der Waals surface area contributed by atoms with Gasteiger partial charge >= 0.3 is 0 Å². The molecule has 1 aliphatic rings. The van der Waals surface area contributed by atoms with Crippen LogP contribution >= 0.6 is 0 Å². The van der Waals surface area contributed by atoms with E-state index in [4.69, 9.17) is 0 Å². The molecule has 3 nitrogen and oxygen atoms in total. The van der Waals surface area contributed by atoms with Crippen molar-refractivity contribution in [3.63, 3.8) is 0 Å². The molecule has 0 saturated carbocycles. The Hall–Kier alpha value is -2.16. The largest absolute Gasteiger partial charge is 0.262 e. The Morgan fingerprint density at radius 3 is 2.72 bits per heavy atom. The van der Waals surface area contributed by atoms with Crippen LogP contribution in [-0.4, -0.2) is 15.2 Å². The van der Waals surface area contributed by atoms with Gasteiger partial charge in [0.2, 0.25) is 0 Å². The number of aromatic nitrogens is 3. The summed E-state index contributed by atoms with van der Waals surface area (Å²) in [6.07, 6.45) is 9.41. The van der Waals surface area contributed by atoms with E-state index in [1.165, 1.54) is 5.56 Å². The molecule has 1 atom stereocenters. The van der Waals surface area contributed by atoms with Crippen molar-refractivity contribution in [1.29, 1.82) is 0 Å². The molecule has 2 aromatic rings. The fourth-order valence-electron chi connectivity index (χ4n) is 2.06. The summed E-state index contributed by atoms with van der Waals surface area (Å²) in [7, 11) is 0. The van der Waals surface area contributed by atoms with E-state index in [2.05, 4.69) is 70.7 Å². The second kappa shape index (κ2) is 4.61. The van der Waals surface area contributed by atoms with Gasteiger partial charge in [0.1, 0.15) is 5.82 Å². The van der Waals surface area contributed by atoms with Gasteiger partial charge in [0.25, 0.3) is 0 Å². The Morgan fingerprint density at radius 2 is 2.00 bits per heavy atom. The van der Waals surface area contributed by atoms with E-state index in [1.54, 1.807) is 0 Å². The second-order valence-electron chi connectivity index (χ2n) is 4.57. The summed E-state index contributed by atoms with van der Waals surface area (Å²) in [6.45, 7) is 2.08. The number of nitrogens with zero attached hydrogens (tertiary/aromatic N) is 2. The molecular formula is C15H15N3. The number of benzene rings is 1. The topological polar surface area (TPSA) is 41.6 Å². The van der Waals surface area contributed by atoms with Crippen molar-refractivity contribution in [3.05, 3.63) is 60.0 Å². The molecule has 1 aromatic carbocycles. The minimum absolute atomic E-state index is 0.321. The number of aryl methyl sites for hydroxylation is 1. The van der Waals surface area contributed by atoms with Gasteiger partial charge in [0.15, 0.2) is 5.82 Å². The smallest absolute Gasteiger partial charge is 0.181 e. The van der Waals surface area contributed by atoms with Crippen LogP contribution in [0.4, 0.5) is 0 Å². The molecule has 1 heterocycles. The number of H-pyrrole nitrogens is 1. The zero-order valence-electron chi connectivity index (χ0n) is 10.3. The van der Waals surface area contributed by atoms with Gasteiger partial charge in [-0.2, -0.15) is 5.10 Å². The highest BCUT2D eigenvalue weighted by Crippen LogP contribution is 2.23. The molecule has 1 aliphatic carbocycles. The van der Waals surface area contributed by atoms with Crippen LogP contribution in [0, 0.1) is 6.92 Å². The number of hydrogen-bond donors (Lipinski definition) is 1. The predicted octanol–water partition coefficient (Wildman–Crippen LogP) is 3.38. The highest BCUT2D eigenvalue weighted by molar-refractivity contribution is 5.55. The van der Waals surface area contributed by atoms with E-state index in [0.29, 0.717) is 5.92 Å². The lowest BCUT2D eigenvalue weighted by Gasteiger charge is -2.08. The Morgan fingerprint density at radius 1 is 1.17 bits per heavy atom. The van der Waals surface area contributed by atoms with Crippen molar-refractivity contribution < 1.29 is 0 Å². The third-order valence-corrected chi connectivity index (χ3v) is 3.14. The van der Waals surface area contributed by atoms with Gasteiger partial charge in [-0.25, -0.2) is 4.98 Å². The van der Waals surface area contributed by atoms with Crippen LogP contribution in [0.5, 0.6) is 0 Å².